The van der Waals surface area contributed by atoms with Crippen molar-refractivity contribution in [3.63, 3.8) is 0 Å². The zero-order valence-corrected chi connectivity index (χ0v) is 8.42. The molecule has 0 saturated carbocycles. The fraction of sp³-hybridized carbons (Fsp3) is 0.727. The first kappa shape index (κ1) is 11.4. The van der Waals surface area contributed by atoms with Crippen LogP contribution in [0.25, 0.3) is 0 Å². The summed E-state index contributed by atoms with van der Waals surface area (Å²) in [5, 5.41) is 0. The Morgan fingerprint density at radius 2 is 2.00 bits per heavy atom. The third-order valence-corrected chi connectivity index (χ3v) is 2.13. The first-order chi connectivity index (χ1) is 5.76. The van der Waals surface area contributed by atoms with Crippen LogP contribution in [0.3, 0.4) is 0 Å². The van der Waals surface area contributed by atoms with Crippen LogP contribution in [0.1, 0.15) is 40.0 Å². The lowest BCUT2D eigenvalue weighted by atomic mass is 9.90. The van der Waals surface area contributed by atoms with Crippen molar-refractivity contribution in [2.45, 2.75) is 40.0 Å². The SMILES string of the molecule is CC/C=C/[C@H](CCC)[C@@H](C)C=O. The van der Waals surface area contributed by atoms with Gasteiger partial charge in [0.15, 0.2) is 0 Å². The predicted molar refractivity (Wildman–Crippen MR) is 53.1 cm³/mol. The van der Waals surface area contributed by atoms with E-state index in [2.05, 4.69) is 26.0 Å². The van der Waals surface area contributed by atoms with Gasteiger partial charge in [0.25, 0.3) is 0 Å². The second-order valence-electron chi connectivity index (χ2n) is 3.28. The first-order valence-corrected chi connectivity index (χ1v) is 4.88. The van der Waals surface area contributed by atoms with Gasteiger partial charge in [0.05, 0.1) is 0 Å². The molecule has 0 bridgehead atoms. The van der Waals surface area contributed by atoms with Gasteiger partial charge in [-0.1, -0.05) is 39.3 Å². The maximum absolute atomic E-state index is 10.6. The smallest absolute Gasteiger partial charge is 0.123 e. The van der Waals surface area contributed by atoms with E-state index >= 15 is 0 Å². The number of allylic oxidation sites excluding steroid dienone is 2. The number of rotatable bonds is 6. The second kappa shape index (κ2) is 7.08. The van der Waals surface area contributed by atoms with Crippen molar-refractivity contribution < 1.29 is 4.79 Å². The zero-order chi connectivity index (χ0) is 9.40. The Morgan fingerprint density at radius 1 is 1.33 bits per heavy atom. The fourth-order valence-electron chi connectivity index (χ4n) is 1.28. The van der Waals surface area contributed by atoms with Gasteiger partial charge >= 0.3 is 0 Å². The molecular weight excluding hydrogens is 148 g/mol. The molecule has 0 aliphatic carbocycles. The zero-order valence-electron chi connectivity index (χ0n) is 8.42. The number of hydrogen-bond donors (Lipinski definition) is 0. The summed E-state index contributed by atoms with van der Waals surface area (Å²) in [5.74, 6) is 0.625. The quantitative estimate of drug-likeness (QED) is 0.439. The van der Waals surface area contributed by atoms with Crippen LogP contribution < -0.4 is 0 Å². The summed E-state index contributed by atoms with van der Waals surface area (Å²) in [5.41, 5.74) is 0. The van der Waals surface area contributed by atoms with E-state index in [1.807, 2.05) is 6.92 Å². The molecule has 0 aromatic rings. The summed E-state index contributed by atoms with van der Waals surface area (Å²) in [6, 6.07) is 0. The molecule has 1 nitrogen and oxygen atoms in total. The van der Waals surface area contributed by atoms with E-state index in [0.717, 1.165) is 25.5 Å². The molecule has 0 N–H and O–H groups in total. The molecule has 0 rings (SSSR count). The first-order valence-electron chi connectivity index (χ1n) is 4.88. The van der Waals surface area contributed by atoms with E-state index in [4.69, 9.17) is 0 Å². The Balaban J connectivity index is 4.01. The van der Waals surface area contributed by atoms with Gasteiger partial charge in [0.1, 0.15) is 6.29 Å². The molecule has 0 aliphatic rings. The van der Waals surface area contributed by atoms with Gasteiger partial charge in [-0.05, 0) is 18.8 Å². The monoisotopic (exact) mass is 168 g/mol. The summed E-state index contributed by atoms with van der Waals surface area (Å²) >= 11 is 0. The number of hydrogen-bond acceptors (Lipinski definition) is 1. The van der Waals surface area contributed by atoms with Crippen molar-refractivity contribution in [3.05, 3.63) is 12.2 Å². The Hall–Kier alpha value is -0.590. The van der Waals surface area contributed by atoms with Crippen LogP contribution in [0.5, 0.6) is 0 Å². The lowest BCUT2D eigenvalue weighted by molar-refractivity contribution is -0.111. The Morgan fingerprint density at radius 3 is 2.42 bits per heavy atom. The topological polar surface area (TPSA) is 17.1 Å². The van der Waals surface area contributed by atoms with Crippen LogP contribution in [0.15, 0.2) is 12.2 Å². The summed E-state index contributed by atoms with van der Waals surface area (Å²) in [4.78, 5) is 10.6. The molecule has 2 atom stereocenters. The van der Waals surface area contributed by atoms with Gasteiger partial charge in [-0.15, -0.1) is 0 Å². The largest absolute Gasteiger partial charge is 0.303 e. The normalized spacial score (nSPS) is 16.2. The van der Waals surface area contributed by atoms with Crippen molar-refractivity contribution in [1.82, 2.24) is 0 Å². The van der Waals surface area contributed by atoms with E-state index in [9.17, 15) is 4.79 Å². The minimum Gasteiger partial charge on any atom is -0.303 e. The predicted octanol–water partition coefficient (Wildman–Crippen LogP) is 3.20. The van der Waals surface area contributed by atoms with Crippen molar-refractivity contribution in [3.8, 4) is 0 Å². The molecule has 0 amide bonds. The van der Waals surface area contributed by atoms with Crippen LogP contribution in [0.2, 0.25) is 0 Å². The lowest BCUT2D eigenvalue weighted by Gasteiger charge is -2.14. The highest BCUT2D eigenvalue weighted by molar-refractivity contribution is 5.53. The molecule has 0 unspecified atom stereocenters. The Kier molecular flexibility index (Phi) is 6.73. The van der Waals surface area contributed by atoms with Crippen LogP contribution in [0, 0.1) is 11.8 Å². The lowest BCUT2D eigenvalue weighted by Crippen LogP contribution is -2.10. The molecule has 1 heteroatoms. The highest BCUT2D eigenvalue weighted by Gasteiger charge is 2.11. The summed E-state index contributed by atoms with van der Waals surface area (Å²) in [6.07, 6.45) is 8.72. The molecule has 0 radical (unpaired) electrons. The fourth-order valence-corrected chi connectivity index (χ4v) is 1.28. The van der Waals surface area contributed by atoms with Crippen molar-refractivity contribution in [1.29, 1.82) is 0 Å². The Bertz CT molecular complexity index is 138. The van der Waals surface area contributed by atoms with Gasteiger partial charge in [0, 0.05) is 5.92 Å². The van der Waals surface area contributed by atoms with Gasteiger partial charge < -0.3 is 4.79 Å². The summed E-state index contributed by atoms with van der Waals surface area (Å²) in [6.45, 7) is 6.27. The van der Waals surface area contributed by atoms with Crippen LogP contribution >= 0.6 is 0 Å². The van der Waals surface area contributed by atoms with E-state index < -0.39 is 0 Å². The average Bonchev–Trinajstić information content (AvgIpc) is 2.11. The average molecular weight is 168 g/mol. The van der Waals surface area contributed by atoms with E-state index in [1.54, 1.807) is 0 Å². The highest BCUT2D eigenvalue weighted by Crippen LogP contribution is 2.17. The minimum atomic E-state index is 0.174. The number of carbonyl (C=O) groups is 1. The molecule has 0 aromatic carbocycles. The molecule has 0 spiro atoms. The van der Waals surface area contributed by atoms with Gasteiger partial charge in [-0.2, -0.15) is 0 Å². The maximum Gasteiger partial charge on any atom is 0.123 e. The van der Waals surface area contributed by atoms with Crippen molar-refractivity contribution in [2.24, 2.45) is 11.8 Å². The summed E-state index contributed by atoms with van der Waals surface area (Å²) < 4.78 is 0. The molecule has 0 fully saturated rings. The van der Waals surface area contributed by atoms with Crippen molar-refractivity contribution in [2.75, 3.05) is 0 Å². The minimum absolute atomic E-state index is 0.174. The number of aldehydes is 1. The number of carbonyl (C=O) groups excluding carboxylic acids is 1. The van der Waals surface area contributed by atoms with E-state index in [1.165, 1.54) is 0 Å². The van der Waals surface area contributed by atoms with Gasteiger partial charge in [0.2, 0.25) is 0 Å². The molecular formula is C11H20O. The molecule has 0 saturated heterocycles. The van der Waals surface area contributed by atoms with Crippen LogP contribution in [-0.4, -0.2) is 6.29 Å². The molecule has 70 valence electrons. The van der Waals surface area contributed by atoms with E-state index in [-0.39, 0.29) is 5.92 Å². The van der Waals surface area contributed by atoms with Crippen LogP contribution in [-0.2, 0) is 4.79 Å². The van der Waals surface area contributed by atoms with Crippen LogP contribution in [0.4, 0.5) is 0 Å². The van der Waals surface area contributed by atoms with Gasteiger partial charge in [-0.25, -0.2) is 0 Å². The third-order valence-electron chi connectivity index (χ3n) is 2.13. The van der Waals surface area contributed by atoms with Gasteiger partial charge in [-0.3, -0.25) is 0 Å². The highest BCUT2D eigenvalue weighted by atomic mass is 16.1. The maximum atomic E-state index is 10.6. The van der Waals surface area contributed by atoms with E-state index in [0.29, 0.717) is 5.92 Å². The standard InChI is InChI=1S/C11H20O/c1-4-6-8-11(7-5-2)10(3)9-12/h6,8-11H,4-5,7H2,1-3H3/b8-6+/t10-,11-/m0/s1. The summed E-state index contributed by atoms with van der Waals surface area (Å²) in [7, 11) is 0. The molecule has 0 heterocycles. The third kappa shape index (κ3) is 4.32. The molecule has 0 aromatic heterocycles. The Labute approximate surface area is 75.9 Å². The van der Waals surface area contributed by atoms with Crippen molar-refractivity contribution >= 4 is 6.29 Å². The molecule has 12 heavy (non-hydrogen) atoms. The molecule has 0 aliphatic heterocycles. The second-order valence-corrected chi connectivity index (χ2v) is 3.28.